The van der Waals surface area contributed by atoms with Crippen molar-refractivity contribution in [2.75, 3.05) is 19.8 Å². The Hall–Kier alpha value is 1.63. The van der Waals surface area contributed by atoms with Crippen LogP contribution in [0.5, 0.6) is 0 Å². The van der Waals surface area contributed by atoms with E-state index in [9.17, 15) is 0 Å². The summed E-state index contributed by atoms with van der Waals surface area (Å²) in [5.41, 5.74) is 0. The molecule has 0 aliphatic rings. The first kappa shape index (κ1) is 28.7. The molecule has 0 spiro atoms. The summed E-state index contributed by atoms with van der Waals surface area (Å²) in [6, 6.07) is 0. The molecule has 6 nitrogen and oxygen atoms in total. The summed E-state index contributed by atoms with van der Waals surface area (Å²) >= 11 is 9.37. The molecule has 0 amide bonds. The predicted molar refractivity (Wildman–Crippen MR) is 90.0 cm³/mol. The molecule has 0 aliphatic heterocycles. The second kappa shape index (κ2) is 24.6. The van der Waals surface area contributed by atoms with Gasteiger partial charge in [0.2, 0.25) is 0 Å². The number of alkyl halides is 3. The van der Waals surface area contributed by atoms with E-state index in [0.717, 1.165) is 0 Å². The number of rotatable bonds is 3. The van der Waals surface area contributed by atoms with Gasteiger partial charge in [-0.3, -0.25) is 0 Å². The van der Waals surface area contributed by atoms with Gasteiger partial charge in [0.15, 0.2) is 0 Å². The Morgan fingerprint density at radius 1 is 0.684 bits per heavy atom. The highest BCUT2D eigenvalue weighted by Gasteiger charge is 1.85. The van der Waals surface area contributed by atoms with Crippen LogP contribution in [0.2, 0.25) is 0 Å². The van der Waals surface area contributed by atoms with Gasteiger partial charge in [0, 0.05) is 14.5 Å². The number of hydrogen-bond acceptors (Lipinski definition) is 6. The van der Waals surface area contributed by atoms with Gasteiger partial charge in [-0.2, -0.15) is 0 Å². The lowest BCUT2D eigenvalue weighted by atomic mass is 10.5. The Bertz CT molecular complexity index is 119. The minimum Gasteiger partial charge on any atom is -0.395 e. The highest BCUT2D eigenvalue weighted by molar-refractivity contribution is 9.10. The molecule has 3 atom stereocenters. The van der Waals surface area contributed by atoms with Crippen molar-refractivity contribution in [1.29, 1.82) is 0 Å². The van der Waals surface area contributed by atoms with Crippen LogP contribution in [0.1, 0.15) is 20.8 Å². The van der Waals surface area contributed by atoms with Crippen LogP contribution in [0.4, 0.5) is 0 Å². The first-order valence-electron chi connectivity index (χ1n) is 5.16. The van der Waals surface area contributed by atoms with Gasteiger partial charge < -0.3 is 30.0 Å². The zero-order valence-corrected chi connectivity index (χ0v) is 16.8. The summed E-state index contributed by atoms with van der Waals surface area (Å²) in [5.74, 6) is 0. The van der Waals surface area contributed by atoms with Crippen molar-refractivity contribution in [3.63, 3.8) is 0 Å². The average molecular weight is 499 g/mol. The van der Waals surface area contributed by atoms with Crippen molar-refractivity contribution >= 4 is 56.4 Å². The Labute approximate surface area is 141 Å². The molecular formula is C9H24Br3O6P. The first-order chi connectivity index (χ1) is 8.54. The van der Waals surface area contributed by atoms with Crippen LogP contribution in [0.15, 0.2) is 0 Å². The van der Waals surface area contributed by atoms with Crippen LogP contribution in [0.25, 0.3) is 0 Å². The van der Waals surface area contributed by atoms with E-state index in [4.69, 9.17) is 30.0 Å². The molecule has 0 rings (SSSR count). The summed E-state index contributed by atoms with van der Waals surface area (Å²) in [4.78, 5) is 22.5. The molecule has 0 heterocycles. The predicted octanol–water partition coefficient (Wildman–Crippen LogP) is 1.48. The molecule has 10 heteroatoms. The van der Waals surface area contributed by atoms with E-state index in [1.54, 1.807) is 0 Å². The zero-order valence-electron chi connectivity index (χ0n) is 11.1. The van der Waals surface area contributed by atoms with Gasteiger partial charge in [0.1, 0.15) is 0 Å². The maximum Gasteiger partial charge on any atom is 0.324 e. The van der Waals surface area contributed by atoms with Gasteiger partial charge in [-0.25, -0.2) is 0 Å². The summed E-state index contributed by atoms with van der Waals surface area (Å²) < 4.78 is 0. The van der Waals surface area contributed by atoms with Gasteiger partial charge in [-0.05, 0) is 0 Å². The normalized spacial score (nSPS) is 13.7. The molecule has 0 aromatic rings. The molecule has 6 N–H and O–H groups in total. The van der Waals surface area contributed by atoms with E-state index in [0.29, 0.717) is 0 Å². The molecule has 0 aromatic carbocycles. The molecule has 0 radical (unpaired) electrons. The third kappa shape index (κ3) is 105. The number of hydrogen-bond donors (Lipinski definition) is 6. The van der Waals surface area contributed by atoms with Crippen LogP contribution in [0.3, 0.4) is 0 Å². The third-order valence-corrected chi connectivity index (χ3v) is 1.62. The lowest BCUT2D eigenvalue weighted by Gasteiger charge is -1.87. The molecule has 3 unspecified atom stereocenters. The number of aliphatic hydroxyl groups excluding tert-OH is 3. The monoisotopic (exact) mass is 496 g/mol. The second-order valence-corrected chi connectivity index (χ2v) is 8.38. The van der Waals surface area contributed by atoms with Gasteiger partial charge in [0.05, 0.1) is 19.8 Å². The fraction of sp³-hybridized carbons (Fsp3) is 1.00. The van der Waals surface area contributed by atoms with Crippen molar-refractivity contribution in [3.8, 4) is 0 Å². The molecule has 0 saturated carbocycles. The molecule has 0 bridgehead atoms. The first-order valence-corrected chi connectivity index (χ1v) is 9.11. The van der Waals surface area contributed by atoms with Crippen LogP contribution in [0, 0.1) is 0 Å². The van der Waals surface area contributed by atoms with E-state index in [1.165, 1.54) is 0 Å². The van der Waals surface area contributed by atoms with E-state index in [1.807, 2.05) is 20.8 Å². The SMILES string of the molecule is CC(Br)CO.CC(Br)CO.CC(Br)CO.OP(O)O. The molecule has 0 fully saturated rings. The van der Waals surface area contributed by atoms with Crippen molar-refractivity contribution in [2.45, 2.75) is 35.3 Å². The van der Waals surface area contributed by atoms with E-state index >= 15 is 0 Å². The van der Waals surface area contributed by atoms with Crippen molar-refractivity contribution in [1.82, 2.24) is 0 Å². The highest BCUT2D eigenvalue weighted by Crippen LogP contribution is 2.11. The fourth-order valence-corrected chi connectivity index (χ4v) is 0. The van der Waals surface area contributed by atoms with Gasteiger partial charge >= 0.3 is 8.60 Å². The second-order valence-electron chi connectivity index (χ2n) is 3.16. The van der Waals surface area contributed by atoms with Crippen LogP contribution >= 0.6 is 56.4 Å². The van der Waals surface area contributed by atoms with E-state index in [-0.39, 0.29) is 34.3 Å². The zero-order chi connectivity index (χ0) is 16.4. The fourth-order valence-electron chi connectivity index (χ4n) is 0. The van der Waals surface area contributed by atoms with E-state index < -0.39 is 8.60 Å². The van der Waals surface area contributed by atoms with Crippen molar-refractivity contribution in [3.05, 3.63) is 0 Å². The lowest BCUT2D eigenvalue weighted by molar-refractivity contribution is 0.301. The van der Waals surface area contributed by atoms with Crippen LogP contribution in [-0.4, -0.2) is 64.3 Å². The standard InChI is InChI=1S/3C3H7BrO.H3O3P/c3*1-3(4)2-5;1-4(2)3/h3*3,5H,2H2,1H3;1-3H. The third-order valence-electron chi connectivity index (χ3n) is 0.755. The quantitative estimate of drug-likeness (QED) is 0.259. The Balaban J connectivity index is -0.0000000793. The highest BCUT2D eigenvalue weighted by atomic mass is 79.9. The molecular weight excluding hydrogens is 475 g/mol. The largest absolute Gasteiger partial charge is 0.395 e. The minimum absolute atomic E-state index is 0.222. The Morgan fingerprint density at radius 2 is 0.737 bits per heavy atom. The topological polar surface area (TPSA) is 121 Å². The lowest BCUT2D eigenvalue weighted by Crippen LogP contribution is -1.93. The summed E-state index contributed by atoms with van der Waals surface area (Å²) in [5, 5.41) is 24.3. The van der Waals surface area contributed by atoms with Crippen LogP contribution < -0.4 is 0 Å². The Kier molecular flexibility index (Phi) is 37.3. The van der Waals surface area contributed by atoms with Gasteiger partial charge in [-0.1, -0.05) is 68.6 Å². The summed E-state index contributed by atoms with van der Waals surface area (Å²) in [6.45, 7) is 6.33. The maximum atomic E-state index is 8.10. The molecule has 0 aromatic heterocycles. The van der Waals surface area contributed by atoms with Gasteiger partial charge in [-0.15, -0.1) is 0 Å². The smallest absolute Gasteiger partial charge is 0.324 e. The van der Waals surface area contributed by atoms with E-state index in [2.05, 4.69) is 47.8 Å². The molecule has 0 saturated heterocycles. The molecule has 0 aliphatic carbocycles. The Morgan fingerprint density at radius 3 is 0.737 bits per heavy atom. The minimum atomic E-state index is -2.62. The summed E-state index contributed by atoms with van der Waals surface area (Å²) in [6.07, 6.45) is 0. The molecule has 122 valence electrons. The number of halogens is 3. The summed E-state index contributed by atoms with van der Waals surface area (Å²) in [7, 11) is -2.62. The molecule has 19 heavy (non-hydrogen) atoms. The van der Waals surface area contributed by atoms with Gasteiger partial charge in [0.25, 0.3) is 0 Å². The number of aliphatic hydroxyl groups is 3. The maximum absolute atomic E-state index is 8.10. The average Bonchev–Trinajstić information content (AvgIpc) is 2.29. The van der Waals surface area contributed by atoms with Crippen molar-refractivity contribution in [2.24, 2.45) is 0 Å². The van der Waals surface area contributed by atoms with Crippen LogP contribution in [-0.2, 0) is 0 Å². The van der Waals surface area contributed by atoms with Crippen molar-refractivity contribution < 1.29 is 30.0 Å².